The summed E-state index contributed by atoms with van der Waals surface area (Å²) in [6.07, 6.45) is -0.807. The van der Waals surface area contributed by atoms with Crippen molar-refractivity contribution < 1.29 is 9.50 Å². The minimum absolute atomic E-state index is 0.240. The zero-order chi connectivity index (χ0) is 14.7. The van der Waals surface area contributed by atoms with Gasteiger partial charge in [0.05, 0.1) is 6.10 Å². The summed E-state index contributed by atoms with van der Waals surface area (Å²) in [7, 11) is 0. The topological polar surface area (TPSA) is 46.2 Å². The molecule has 2 rings (SSSR count). The zero-order valence-corrected chi connectivity index (χ0v) is 11.8. The first-order chi connectivity index (χ1) is 9.52. The lowest BCUT2D eigenvalue weighted by Gasteiger charge is -2.24. The van der Waals surface area contributed by atoms with Crippen LogP contribution in [-0.4, -0.2) is 11.7 Å². The van der Waals surface area contributed by atoms with E-state index in [2.05, 4.69) is 0 Å². The Morgan fingerprint density at radius 2 is 1.75 bits per heavy atom. The molecule has 2 aromatic rings. The lowest BCUT2D eigenvalue weighted by molar-refractivity contribution is 0.146. The summed E-state index contributed by atoms with van der Waals surface area (Å²) in [5.41, 5.74) is 9.40. The molecule has 0 fully saturated rings. The average Bonchev–Trinajstić information content (AvgIpc) is 2.44. The third kappa shape index (κ3) is 3.06. The van der Waals surface area contributed by atoms with Gasteiger partial charge in [0.1, 0.15) is 5.82 Å². The maximum atomic E-state index is 13.4. The molecule has 0 aromatic heterocycles. The van der Waals surface area contributed by atoms with Crippen LogP contribution in [0.3, 0.4) is 0 Å². The Kier molecular flexibility index (Phi) is 4.53. The third-order valence-electron chi connectivity index (χ3n) is 3.70. The Bertz CT molecular complexity index is 580. The number of hydrogen-bond acceptors (Lipinski definition) is 2. The first-order valence-electron chi connectivity index (χ1n) is 6.73. The Balaban J connectivity index is 2.35. The number of halogens is 1. The highest BCUT2D eigenvalue weighted by molar-refractivity contribution is 5.33. The third-order valence-corrected chi connectivity index (χ3v) is 3.70. The van der Waals surface area contributed by atoms with E-state index in [0.29, 0.717) is 12.1 Å². The van der Waals surface area contributed by atoms with Crippen molar-refractivity contribution in [3.05, 3.63) is 70.5 Å². The number of aliphatic hydroxyl groups excluding tert-OH is 1. The summed E-state index contributed by atoms with van der Waals surface area (Å²) in [5.74, 6) is -0.583. The van der Waals surface area contributed by atoms with Crippen molar-refractivity contribution in [2.45, 2.75) is 25.9 Å². The molecule has 0 spiro atoms. The Labute approximate surface area is 119 Å². The summed E-state index contributed by atoms with van der Waals surface area (Å²) >= 11 is 0. The largest absolute Gasteiger partial charge is 0.388 e. The van der Waals surface area contributed by atoms with Crippen LogP contribution in [0.15, 0.2) is 42.5 Å². The maximum absolute atomic E-state index is 13.4. The molecular formula is C17H20FNO. The van der Waals surface area contributed by atoms with Gasteiger partial charge in [-0.1, -0.05) is 35.9 Å². The number of nitrogens with two attached hydrogens (primary N) is 1. The van der Waals surface area contributed by atoms with E-state index in [-0.39, 0.29) is 11.7 Å². The summed E-state index contributed by atoms with van der Waals surface area (Å²) in [5, 5.41) is 10.6. The molecule has 20 heavy (non-hydrogen) atoms. The van der Waals surface area contributed by atoms with Crippen LogP contribution >= 0.6 is 0 Å². The van der Waals surface area contributed by atoms with Crippen LogP contribution in [0, 0.1) is 19.7 Å². The molecule has 0 aliphatic heterocycles. The van der Waals surface area contributed by atoms with E-state index in [1.54, 1.807) is 6.07 Å². The number of benzene rings is 2. The summed E-state index contributed by atoms with van der Waals surface area (Å²) in [4.78, 5) is 0. The zero-order valence-electron chi connectivity index (χ0n) is 11.8. The standard InChI is InChI=1S/C17H20FNO/c1-11-3-6-13(7-4-11)16(10-19)17(20)15-9-14(18)8-5-12(15)2/h3-9,16-17,20H,10,19H2,1-2H3. The maximum Gasteiger partial charge on any atom is 0.123 e. The molecule has 0 radical (unpaired) electrons. The molecule has 3 heteroatoms. The minimum Gasteiger partial charge on any atom is -0.388 e. The van der Waals surface area contributed by atoms with Crippen molar-refractivity contribution in [2.75, 3.05) is 6.54 Å². The number of rotatable bonds is 4. The fourth-order valence-corrected chi connectivity index (χ4v) is 2.41. The second-order valence-electron chi connectivity index (χ2n) is 5.20. The first-order valence-corrected chi connectivity index (χ1v) is 6.73. The predicted octanol–water partition coefficient (Wildman–Crippen LogP) is 3.22. The van der Waals surface area contributed by atoms with Crippen LogP contribution in [0.2, 0.25) is 0 Å². The Morgan fingerprint density at radius 1 is 1.10 bits per heavy atom. The molecule has 106 valence electrons. The van der Waals surface area contributed by atoms with Gasteiger partial charge in [-0.2, -0.15) is 0 Å². The van der Waals surface area contributed by atoms with Gasteiger partial charge in [0, 0.05) is 12.5 Å². The summed E-state index contributed by atoms with van der Waals surface area (Å²) in [6.45, 7) is 4.18. The van der Waals surface area contributed by atoms with Crippen LogP contribution in [0.5, 0.6) is 0 Å². The second kappa shape index (κ2) is 6.16. The molecule has 0 saturated carbocycles. The van der Waals surface area contributed by atoms with Crippen molar-refractivity contribution >= 4 is 0 Å². The lowest BCUT2D eigenvalue weighted by Crippen LogP contribution is -2.21. The van der Waals surface area contributed by atoms with E-state index in [1.165, 1.54) is 12.1 Å². The van der Waals surface area contributed by atoms with Gasteiger partial charge >= 0.3 is 0 Å². The molecule has 0 bridgehead atoms. The van der Waals surface area contributed by atoms with Crippen LogP contribution < -0.4 is 5.73 Å². The predicted molar refractivity (Wildman–Crippen MR) is 79.1 cm³/mol. The molecule has 0 aliphatic carbocycles. The molecule has 2 aromatic carbocycles. The van der Waals surface area contributed by atoms with Gasteiger partial charge in [0.25, 0.3) is 0 Å². The smallest absolute Gasteiger partial charge is 0.123 e. The fourth-order valence-electron chi connectivity index (χ4n) is 2.41. The molecule has 2 nitrogen and oxygen atoms in total. The Morgan fingerprint density at radius 3 is 2.35 bits per heavy atom. The molecule has 0 aliphatic rings. The first kappa shape index (κ1) is 14.7. The van der Waals surface area contributed by atoms with Crippen molar-refractivity contribution in [1.82, 2.24) is 0 Å². The summed E-state index contributed by atoms with van der Waals surface area (Å²) < 4.78 is 13.4. The van der Waals surface area contributed by atoms with E-state index >= 15 is 0 Å². The number of hydrogen-bond donors (Lipinski definition) is 2. The van der Waals surface area contributed by atoms with Gasteiger partial charge in [-0.25, -0.2) is 4.39 Å². The second-order valence-corrected chi connectivity index (χ2v) is 5.20. The van der Waals surface area contributed by atoms with Gasteiger partial charge in [-0.15, -0.1) is 0 Å². The fraction of sp³-hybridized carbons (Fsp3) is 0.294. The molecule has 2 unspecified atom stereocenters. The van der Waals surface area contributed by atoms with Crippen molar-refractivity contribution in [3.63, 3.8) is 0 Å². The number of aryl methyl sites for hydroxylation is 2. The minimum atomic E-state index is -0.807. The Hall–Kier alpha value is -1.71. The SMILES string of the molecule is Cc1ccc(C(CN)C(O)c2cc(F)ccc2C)cc1. The lowest BCUT2D eigenvalue weighted by atomic mass is 9.87. The van der Waals surface area contributed by atoms with Crippen LogP contribution in [0.1, 0.15) is 34.3 Å². The molecule has 0 saturated heterocycles. The highest BCUT2D eigenvalue weighted by Gasteiger charge is 2.23. The van der Waals surface area contributed by atoms with E-state index in [0.717, 1.165) is 16.7 Å². The number of aliphatic hydroxyl groups is 1. The quantitative estimate of drug-likeness (QED) is 0.898. The van der Waals surface area contributed by atoms with Crippen LogP contribution in [0.25, 0.3) is 0 Å². The molecule has 0 amide bonds. The van der Waals surface area contributed by atoms with Crippen LogP contribution in [-0.2, 0) is 0 Å². The van der Waals surface area contributed by atoms with Gasteiger partial charge < -0.3 is 10.8 Å². The van der Waals surface area contributed by atoms with E-state index in [4.69, 9.17) is 5.73 Å². The van der Waals surface area contributed by atoms with Gasteiger partial charge in [0.15, 0.2) is 0 Å². The van der Waals surface area contributed by atoms with E-state index in [1.807, 2.05) is 38.1 Å². The van der Waals surface area contributed by atoms with Gasteiger partial charge in [-0.3, -0.25) is 0 Å². The normalized spacial score (nSPS) is 14.1. The van der Waals surface area contributed by atoms with Crippen molar-refractivity contribution in [2.24, 2.45) is 5.73 Å². The van der Waals surface area contributed by atoms with Gasteiger partial charge in [-0.05, 0) is 42.7 Å². The van der Waals surface area contributed by atoms with E-state index in [9.17, 15) is 9.50 Å². The van der Waals surface area contributed by atoms with Crippen molar-refractivity contribution in [3.8, 4) is 0 Å². The van der Waals surface area contributed by atoms with Crippen LogP contribution in [0.4, 0.5) is 4.39 Å². The van der Waals surface area contributed by atoms with Gasteiger partial charge in [0.2, 0.25) is 0 Å². The average molecular weight is 273 g/mol. The highest BCUT2D eigenvalue weighted by atomic mass is 19.1. The van der Waals surface area contributed by atoms with E-state index < -0.39 is 6.10 Å². The molecule has 2 atom stereocenters. The molecule has 0 heterocycles. The highest BCUT2D eigenvalue weighted by Crippen LogP contribution is 2.32. The molecular weight excluding hydrogens is 253 g/mol. The summed E-state index contributed by atoms with van der Waals surface area (Å²) in [6, 6.07) is 12.4. The molecule has 3 N–H and O–H groups in total. The monoisotopic (exact) mass is 273 g/mol. The van der Waals surface area contributed by atoms with Crippen molar-refractivity contribution in [1.29, 1.82) is 0 Å².